The maximum absolute atomic E-state index is 13.1. The van der Waals surface area contributed by atoms with E-state index in [0.717, 1.165) is 18.6 Å². The lowest BCUT2D eigenvalue weighted by molar-refractivity contribution is -0.132. The minimum atomic E-state index is -1.03. The summed E-state index contributed by atoms with van der Waals surface area (Å²) in [5.74, 6) is -2.28. The van der Waals surface area contributed by atoms with Crippen molar-refractivity contribution in [1.82, 2.24) is 10.2 Å². The van der Waals surface area contributed by atoms with Crippen LogP contribution in [-0.4, -0.2) is 35.8 Å². The Balaban J connectivity index is 1.86. The zero-order valence-electron chi connectivity index (χ0n) is 12.6. The summed E-state index contributed by atoms with van der Waals surface area (Å²) in [5.41, 5.74) is 0.100. The molecule has 0 aliphatic carbocycles. The smallest absolute Gasteiger partial charge is 0.251 e. The van der Waals surface area contributed by atoms with Crippen LogP contribution in [0.4, 0.5) is 8.78 Å². The summed E-state index contributed by atoms with van der Waals surface area (Å²) in [6.07, 6.45) is 2.72. The molecule has 120 valence electrons. The van der Waals surface area contributed by atoms with E-state index in [2.05, 4.69) is 5.32 Å². The highest BCUT2D eigenvalue weighted by Crippen LogP contribution is 2.14. The van der Waals surface area contributed by atoms with E-state index >= 15 is 0 Å². The van der Waals surface area contributed by atoms with Crippen LogP contribution in [0.3, 0.4) is 0 Å². The van der Waals surface area contributed by atoms with E-state index in [-0.39, 0.29) is 17.5 Å². The Morgan fingerprint density at radius 3 is 2.50 bits per heavy atom. The Morgan fingerprint density at radius 2 is 1.91 bits per heavy atom. The Hall–Kier alpha value is -1.98. The maximum Gasteiger partial charge on any atom is 0.251 e. The molecule has 1 heterocycles. The number of carbonyl (C=O) groups is 2. The number of hydrogen-bond acceptors (Lipinski definition) is 2. The van der Waals surface area contributed by atoms with Crippen molar-refractivity contribution >= 4 is 11.8 Å². The Bertz CT molecular complexity index is 555. The standard InChI is InChI=1S/C16H20F2N2O2/c1-2-3-15(21)20-8-6-12(7-9-20)19-16(22)11-4-5-13(17)14(18)10-11/h4-5,10,12H,2-3,6-9H2,1H3,(H,19,22). The van der Waals surface area contributed by atoms with Crippen molar-refractivity contribution in [3.8, 4) is 0 Å². The highest BCUT2D eigenvalue weighted by molar-refractivity contribution is 5.94. The molecule has 1 aromatic rings. The molecule has 0 spiro atoms. The van der Waals surface area contributed by atoms with Gasteiger partial charge in [0.25, 0.3) is 5.91 Å². The maximum atomic E-state index is 13.1. The molecular formula is C16H20F2N2O2. The highest BCUT2D eigenvalue weighted by Gasteiger charge is 2.23. The van der Waals surface area contributed by atoms with Gasteiger partial charge in [-0.15, -0.1) is 0 Å². The largest absolute Gasteiger partial charge is 0.349 e. The van der Waals surface area contributed by atoms with Gasteiger partial charge in [0.1, 0.15) is 0 Å². The fourth-order valence-electron chi connectivity index (χ4n) is 2.55. The number of amides is 2. The summed E-state index contributed by atoms with van der Waals surface area (Å²) in [5, 5.41) is 2.81. The van der Waals surface area contributed by atoms with Gasteiger partial charge in [-0.05, 0) is 37.5 Å². The third-order valence-electron chi connectivity index (χ3n) is 3.83. The Morgan fingerprint density at radius 1 is 1.23 bits per heavy atom. The van der Waals surface area contributed by atoms with Crippen molar-refractivity contribution in [2.75, 3.05) is 13.1 Å². The van der Waals surface area contributed by atoms with Crippen LogP contribution >= 0.6 is 0 Å². The normalized spacial score (nSPS) is 15.7. The molecule has 6 heteroatoms. The molecule has 0 bridgehead atoms. The third kappa shape index (κ3) is 4.02. The van der Waals surface area contributed by atoms with E-state index in [1.165, 1.54) is 6.07 Å². The summed E-state index contributed by atoms with van der Waals surface area (Å²) in [6.45, 7) is 3.19. The van der Waals surface area contributed by atoms with Crippen LogP contribution in [0.5, 0.6) is 0 Å². The highest BCUT2D eigenvalue weighted by atomic mass is 19.2. The van der Waals surface area contributed by atoms with Crippen LogP contribution in [0.15, 0.2) is 18.2 Å². The number of nitrogens with zero attached hydrogens (tertiary/aromatic N) is 1. The average Bonchev–Trinajstić information content (AvgIpc) is 2.51. The summed E-state index contributed by atoms with van der Waals surface area (Å²) in [4.78, 5) is 25.6. The molecule has 1 N–H and O–H groups in total. The lowest BCUT2D eigenvalue weighted by atomic mass is 10.0. The van der Waals surface area contributed by atoms with Gasteiger partial charge in [0.05, 0.1) is 0 Å². The van der Waals surface area contributed by atoms with Crippen LogP contribution in [-0.2, 0) is 4.79 Å². The van der Waals surface area contributed by atoms with Crippen LogP contribution in [0.25, 0.3) is 0 Å². The Labute approximate surface area is 128 Å². The van der Waals surface area contributed by atoms with Crippen LogP contribution < -0.4 is 5.32 Å². The number of piperidine rings is 1. The molecule has 1 saturated heterocycles. The van der Waals surface area contributed by atoms with Crippen LogP contribution in [0, 0.1) is 11.6 Å². The molecule has 2 rings (SSSR count). The molecule has 0 radical (unpaired) electrons. The van der Waals surface area contributed by atoms with Crippen molar-refractivity contribution in [3.63, 3.8) is 0 Å². The van der Waals surface area contributed by atoms with Crippen molar-refractivity contribution in [2.45, 2.75) is 38.6 Å². The van der Waals surface area contributed by atoms with E-state index in [9.17, 15) is 18.4 Å². The van der Waals surface area contributed by atoms with E-state index in [0.29, 0.717) is 32.4 Å². The van der Waals surface area contributed by atoms with Crippen molar-refractivity contribution in [2.24, 2.45) is 0 Å². The van der Waals surface area contributed by atoms with Crippen molar-refractivity contribution in [1.29, 1.82) is 0 Å². The fraction of sp³-hybridized carbons (Fsp3) is 0.500. The van der Waals surface area contributed by atoms with Gasteiger partial charge >= 0.3 is 0 Å². The second-order valence-electron chi connectivity index (χ2n) is 5.51. The van der Waals surface area contributed by atoms with Gasteiger partial charge in [-0.1, -0.05) is 6.92 Å². The molecule has 0 atom stereocenters. The van der Waals surface area contributed by atoms with E-state index in [1.807, 2.05) is 11.8 Å². The first-order valence-electron chi connectivity index (χ1n) is 7.55. The zero-order chi connectivity index (χ0) is 16.1. The topological polar surface area (TPSA) is 49.4 Å². The van der Waals surface area contributed by atoms with Crippen LogP contribution in [0.1, 0.15) is 43.0 Å². The monoisotopic (exact) mass is 310 g/mol. The molecule has 0 unspecified atom stereocenters. The van der Waals surface area contributed by atoms with Gasteiger partial charge < -0.3 is 10.2 Å². The number of hydrogen-bond donors (Lipinski definition) is 1. The van der Waals surface area contributed by atoms with Gasteiger partial charge in [0, 0.05) is 31.1 Å². The molecular weight excluding hydrogens is 290 g/mol. The SMILES string of the molecule is CCCC(=O)N1CCC(NC(=O)c2ccc(F)c(F)c2)CC1. The van der Waals surface area contributed by atoms with E-state index in [1.54, 1.807) is 0 Å². The lowest BCUT2D eigenvalue weighted by Crippen LogP contribution is -2.46. The van der Waals surface area contributed by atoms with Gasteiger partial charge in [0.2, 0.25) is 5.91 Å². The average molecular weight is 310 g/mol. The van der Waals surface area contributed by atoms with Gasteiger partial charge in [-0.2, -0.15) is 0 Å². The summed E-state index contributed by atoms with van der Waals surface area (Å²) in [6, 6.07) is 3.04. The van der Waals surface area contributed by atoms with Gasteiger partial charge in [0.15, 0.2) is 11.6 Å². The quantitative estimate of drug-likeness (QED) is 0.929. The molecule has 1 aliphatic heterocycles. The number of nitrogens with one attached hydrogen (secondary N) is 1. The molecule has 0 aromatic heterocycles. The first-order valence-corrected chi connectivity index (χ1v) is 7.55. The van der Waals surface area contributed by atoms with Crippen molar-refractivity contribution < 1.29 is 18.4 Å². The summed E-state index contributed by atoms with van der Waals surface area (Å²) >= 11 is 0. The zero-order valence-corrected chi connectivity index (χ0v) is 12.6. The first kappa shape index (κ1) is 16.4. The molecule has 1 fully saturated rings. The summed E-state index contributed by atoms with van der Waals surface area (Å²) in [7, 11) is 0. The predicted octanol–water partition coefficient (Wildman–Crippen LogP) is 2.49. The number of carbonyl (C=O) groups excluding carboxylic acids is 2. The molecule has 1 aliphatic rings. The van der Waals surface area contributed by atoms with Gasteiger partial charge in [-0.3, -0.25) is 9.59 Å². The van der Waals surface area contributed by atoms with Crippen molar-refractivity contribution in [3.05, 3.63) is 35.4 Å². The van der Waals surface area contributed by atoms with Gasteiger partial charge in [-0.25, -0.2) is 8.78 Å². The minimum absolute atomic E-state index is 0.0497. The lowest BCUT2D eigenvalue weighted by Gasteiger charge is -2.32. The number of rotatable bonds is 4. The molecule has 22 heavy (non-hydrogen) atoms. The molecule has 0 saturated carbocycles. The second-order valence-corrected chi connectivity index (χ2v) is 5.51. The molecule has 2 amide bonds. The molecule has 4 nitrogen and oxygen atoms in total. The third-order valence-corrected chi connectivity index (χ3v) is 3.83. The minimum Gasteiger partial charge on any atom is -0.349 e. The fourth-order valence-corrected chi connectivity index (χ4v) is 2.55. The van der Waals surface area contributed by atoms with E-state index in [4.69, 9.17) is 0 Å². The summed E-state index contributed by atoms with van der Waals surface area (Å²) < 4.78 is 26.0. The van der Waals surface area contributed by atoms with E-state index < -0.39 is 17.5 Å². The Kier molecular flexibility index (Phi) is 5.46. The number of benzene rings is 1. The first-order chi connectivity index (χ1) is 10.5. The number of halogens is 2. The number of likely N-dealkylation sites (tertiary alicyclic amines) is 1. The molecule has 1 aromatic carbocycles. The van der Waals surface area contributed by atoms with Crippen LogP contribution in [0.2, 0.25) is 0 Å². The second kappa shape index (κ2) is 7.33. The predicted molar refractivity (Wildman–Crippen MR) is 78.3 cm³/mol.